The lowest BCUT2D eigenvalue weighted by Gasteiger charge is -2.00. The zero-order valence-corrected chi connectivity index (χ0v) is 8.81. The van der Waals surface area contributed by atoms with Crippen molar-refractivity contribution in [3.05, 3.63) is 39.0 Å². The van der Waals surface area contributed by atoms with Crippen molar-refractivity contribution in [1.29, 1.82) is 0 Å². The van der Waals surface area contributed by atoms with E-state index in [1.165, 1.54) is 11.1 Å². The molecule has 1 aromatic carbocycles. The van der Waals surface area contributed by atoms with Gasteiger partial charge in [0.15, 0.2) is 0 Å². The van der Waals surface area contributed by atoms with E-state index in [2.05, 4.69) is 16.3 Å². The van der Waals surface area contributed by atoms with E-state index in [9.17, 15) is 4.79 Å². The lowest BCUT2D eigenvalue weighted by molar-refractivity contribution is 1.06. The van der Waals surface area contributed by atoms with Crippen LogP contribution in [0.5, 0.6) is 0 Å². The molecule has 0 radical (unpaired) electrons. The Bertz CT molecular complexity index is 493. The summed E-state index contributed by atoms with van der Waals surface area (Å²) >= 11 is 1.14. The second kappa shape index (κ2) is 3.38. The first-order chi connectivity index (χ1) is 6.65. The van der Waals surface area contributed by atoms with Crippen LogP contribution in [0.2, 0.25) is 0 Å². The van der Waals surface area contributed by atoms with Gasteiger partial charge >= 0.3 is 4.87 Å². The van der Waals surface area contributed by atoms with Gasteiger partial charge in [0.05, 0.1) is 0 Å². The number of aromatic amines is 1. The molecule has 14 heavy (non-hydrogen) atoms. The molecule has 1 aromatic heterocycles. The SMILES string of the molecule is Cc1cc(C)cc(-c2n[nH]c(=O)s2)c1. The van der Waals surface area contributed by atoms with Gasteiger partial charge in [0.2, 0.25) is 0 Å². The number of benzene rings is 1. The standard InChI is InChI=1S/C10H10N2OS/c1-6-3-7(2)5-8(4-6)9-11-12-10(13)14-9/h3-5H,1-2H3,(H,12,13). The highest BCUT2D eigenvalue weighted by Gasteiger charge is 2.03. The van der Waals surface area contributed by atoms with Gasteiger partial charge in [0.25, 0.3) is 0 Å². The summed E-state index contributed by atoms with van der Waals surface area (Å²) in [5.74, 6) is 0. The van der Waals surface area contributed by atoms with Gasteiger partial charge in [-0.05, 0) is 26.0 Å². The van der Waals surface area contributed by atoms with Crippen molar-refractivity contribution in [1.82, 2.24) is 10.2 Å². The quantitative estimate of drug-likeness (QED) is 0.776. The number of rotatable bonds is 1. The van der Waals surface area contributed by atoms with Gasteiger partial charge in [0.1, 0.15) is 5.01 Å². The van der Waals surface area contributed by atoms with E-state index in [-0.39, 0.29) is 4.87 Å². The van der Waals surface area contributed by atoms with Gasteiger partial charge in [-0.2, -0.15) is 5.10 Å². The third-order valence-electron chi connectivity index (χ3n) is 1.91. The van der Waals surface area contributed by atoms with E-state index in [1.54, 1.807) is 0 Å². The second-order valence-corrected chi connectivity index (χ2v) is 4.26. The molecule has 0 aliphatic rings. The smallest absolute Gasteiger partial charge is 0.255 e. The zero-order chi connectivity index (χ0) is 10.1. The van der Waals surface area contributed by atoms with E-state index in [0.29, 0.717) is 0 Å². The van der Waals surface area contributed by atoms with Crippen molar-refractivity contribution in [2.75, 3.05) is 0 Å². The molecule has 0 aliphatic carbocycles. The molecule has 2 aromatic rings. The number of nitrogens with zero attached hydrogens (tertiary/aromatic N) is 1. The van der Waals surface area contributed by atoms with Crippen LogP contribution in [0.25, 0.3) is 10.6 Å². The molecule has 1 heterocycles. The Labute approximate surface area is 85.4 Å². The van der Waals surface area contributed by atoms with E-state index < -0.39 is 0 Å². The molecule has 3 nitrogen and oxygen atoms in total. The fraction of sp³-hybridized carbons (Fsp3) is 0.200. The average molecular weight is 206 g/mol. The summed E-state index contributed by atoms with van der Waals surface area (Å²) in [7, 11) is 0. The Hall–Kier alpha value is -1.42. The predicted octanol–water partition coefficient (Wildman–Crippen LogP) is 2.12. The highest BCUT2D eigenvalue weighted by molar-refractivity contribution is 7.12. The molecule has 72 valence electrons. The summed E-state index contributed by atoms with van der Waals surface area (Å²) in [5.41, 5.74) is 3.37. The fourth-order valence-corrected chi connectivity index (χ4v) is 2.05. The highest BCUT2D eigenvalue weighted by atomic mass is 32.1. The topological polar surface area (TPSA) is 45.8 Å². The van der Waals surface area contributed by atoms with Crippen LogP contribution < -0.4 is 4.87 Å². The van der Waals surface area contributed by atoms with Crippen molar-refractivity contribution in [3.63, 3.8) is 0 Å². The third-order valence-corrected chi connectivity index (χ3v) is 2.70. The van der Waals surface area contributed by atoms with Gasteiger partial charge in [0, 0.05) is 5.56 Å². The van der Waals surface area contributed by atoms with Gasteiger partial charge in [-0.15, -0.1) is 0 Å². The van der Waals surface area contributed by atoms with Crippen LogP contribution in [0.1, 0.15) is 11.1 Å². The summed E-state index contributed by atoms with van der Waals surface area (Å²) in [6, 6.07) is 6.15. The minimum Gasteiger partial charge on any atom is -0.255 e. The van der Waals surface area contributed by atoms with Crippen LogP contribution in [0, 0.1) is 13.8 Å². The largest absolute Gasteiger partial charge is 0.322 e. The Balaban J connectivity index is 2.56. The van der Waals surface area contributed by atoms with E-state index >= 15 is 0 Å². The molecule has 0 spiro atoms. The van der Waals surface area contributed by atoms with Crippen molar-refractivity contribution in [2.45, 2.75) is 13.8 Å². The Morgan fingerprint density at radius 1 is 1.21 bits per heavy atom. The molecule has 4 heteroatoms. The monoisotopic (exact) mass is 206 g/mol. The number of aryl methyl sites for hydroxylation is 2. The van der Waals surface area contributed by atoms with E-state index in [4.69, 9.17) is 0 Å². The molecule has 0 amide bonds. The highest BCUT2D eigenvalue weighted by Crippen LogP contribution is 2.21. The maximum Gasteiger partial charge on any atom is 0.322 e. The van der Waals surface area contributed by atoms with E-state index in [1.807, 2.05) is 26.0 Å². The molecule has 0 fully saturated rings. The first-order valence-electron chi connectivity index (χ1n) is 4.29. The van der Waals surface area contributed by atoms with Crippen LogP contribution >= 0.6 is 11.3 Å². The third kappa shape index (κ3) is 1.75. The molecular formula is C10H10N2OS. The molecule has 0 unspecified atom stereocenters. The Kier molecular flexibility index (Phi) is 2.21. The van der Waals surface area contributed by atoms with Crippen molar-refractivity contribution in [3.8, 4) is 10.6 Å². The fourth-order valence-electron chi connectivity index (χ4n) is 1.45. The van der Waals surface area contributed by atoms with Gasteiger partial charge in [-0.3, -0.25) is 4.79 Å². The van der Waals surface area contributed by atoms with Gasteiger partial charge in [-0.1, -0.05) is 28.5 Å². The van der Waals surface area contributed by atoms with Crippen LogP contribution in [-0.2, 0) is 0 Å². The predicted molar refractivity (Wildman–Crippen MR) is 57.6 cm³/mol. The summed E-state index contributed by atoms with van der Waals surface area (Å²) < 4.78 is 0. The maximum atomic E-state index is 10.9. The molecule has 1 N–H and O–H groups in total. The molecule has 0 aliphatic heterocycles. The molecule has 0 saturated carbocycles. The normalized spacial score (nSPS) is 10.4. The van der Waals surface area contributed by atoms with Gasteiger partial charge < -0.3 is 0 Å². The van der Waals surface area contributed by atoms with Crippen LogP contribution in [0.3, 0.4) is 0 Å². The van der Waals surface area contributed by atoms with Crippen molar-refractivity contribution in [2.24, 2.45) is 0 Å². The summed E-state index contributed by atoms with van der Waals surface area (Å²) in [6.45, 7) is 4.07. The first kappa shape index (κ1) is 9.15. The lowest BCUT2D eigenvalue weighted by Crippen LogP contribution is -1.90. The van der Waals surface area contributed by atoms with Gasteiger partial charge in [-0.25, -0.2) is 5.10 Å². The average Bonchev–Trinajstić information content (AvgIpc) is 2.50. The van der Waals surface area contributed by atoms with Crippen LogP contribution in [0.4, 0.5) is 0 Å². The number of hydrogen-bond acceptors (Lipinski definition) is 3. The Morgan fingerprint density at radius 2 is 1.86 bits per heavy atom. The van der Waals surface area contributed by atoms with Crippen LogP contribution in [-0.4, -0.2) is 10.2 Å². The minimum atomic E-state index is -0.112. The number of aromatic nitrogens is 2. The molecule has 2 rings (SSSR count). The second-order valence-electron chi connectivity index (χ2n) is 3.29. The number of nitrogens with one attached hydrogen (secondary N) is 1. The minimum absolute atomic E-state index is 0.112. The number of hydrogen-bond donors (Lipinski definition) is 1. The summed E-state index contributed by atoms with van der Waals surface area (Å²) in [6.07, 6.45) is 0. The Morgan fingerprint density at radius 3 is 2.36 bits per heavy atom. The molecule has 0 atom stereocenters. The molecule has 0 saturated heterocycles. The molecular weight excluding hydrogens is 196 g/mol. The summed E-state index contributed by atoms with van der Waals surface area (Å²) in [5, 5.41) is 7.12. The van der Waals surface area contributed by atoms with Crippen LogP contribution in [0.15, 0.2) is 23.0 Å². The number of H-pyrrole nitrogens is 1. The van der Waals surface area contributed by atoms with Crippen molar-refractivity contribution >= 4 is 11.3 Å². The van der Waals surface area contributed by atoms with Crippen molar-refractivity contribution < 1.29 is 0 Å². The first-order valence-corrected chi connectivity index (χ1v) is 5.11. The van der Waals surface area contributed by atoms with E-state index in [0.717, 1.165) is 21.9 Å². The zero-order valence-electron chi connectivity index (χ0n) is 8.00. The maximum absolute atomic E-state index is 10.9. The summed E-state index contributed by atoms with van der Waals surface area (Å²) in [4.78, 5) is 10.8. The molecule has 0 bridgehead atoms. The lowest BCUT2D eigenvalue weighted by atomic mass is 10.1.